The Hall–Kier alpha value is -2.91. The van der Waals surface area contributed by atoms with Crippen molar-refractivity contribution in [2.45, 2.75) is 6.54 Å². The molecule has 0 spiro atoms. The lowest BCUT2D eigenvalue weighted by molar-refractivity contribution is -0.688. The van der Waals surface area contributed by atoms with E-state index >= 15 is 0 Å². The van der Waals surface area contributed by atoms with E-state index in [9.17, 15) is 4.79 Å². The molecule has 124 valence electrons. The first-order valence-electron chi connectivity index (χ1n) is 7.85. The molecule has 0 atom stereocenters. The highest BCUT2D eigenvalue weighted by Gasteiger charge is 2.06. The number of carboxylic acids is 1. The first-order chi connectivity index (χ1) is 12.1. The number of benzene rings is 2. The molecule has 3 rings (SSSR count). The number of carbonyl (C=O) groups is 1. The van der Waals surface area contributed by atoms with E-state index < -0.39 is 5.97 Å². The highest BCUT2D eigenvalue weighted by atomic mass is 35.5. The first-order valence-corrected chi connectivity index (χ1v) is 8.23. The number of carboxylic acid groups (broad SMARTS) is 1. The smallest absolute Gasteiger partial charge is 0.335 e. The Kier molecular flexibility index (Phi) is 5.26. The van der Waals surface area contributed by atoms with Gasteiger partial charge in [0, 0.05) is 22.7 Å². The fraction of sp³-hybridized carbons (Fsp3) is 0.0476. The van der Waals surface area contributed by atoms with Gasteiger partial charge in [-0.3, -0.25) is 0 Å². The van der Waals surface area contributed by atoms with Crippen LogP contribution in [0.25, 0.3) is 12.2 Å². The van der Waals surface area contributed by atoms with Crippen molar-refractivity contribution >= 4 is 29.7 Å². The summed E-state index contributed by atoms with van der Waals surface area (Å²) in [5.74, 6) is -0.908. The van der Waals surface area contributed by atoms with Crippen molar-refractivity contribution in [3.8, 4) is 0 Å². The van der Waals surface area contributed by atoms with Gasteiger partial charge in [0.2, 0.25) is 0 Å². The standard InChI is InChI=1S/C21H16ClNO2/c22-20-8-6-16(7-9-20)4-5-17-10-12-23(13-11-17)15-18-2-1-3-19(14-18)21(24)25/h1-14H,15H2/p+1/b5-4-. The molecule has 0 aliphatic rings. The van der Waals surface area contributed by atoms with E-state index in [0.717, 1.165) is 21.7 Å². The van der Waals surface area contributed by atoms with E-state index in [1.807, 2.05) is 71.6 Å². The second kappa shape index (κ2) is 7.77. The average Bonchev–Trinajstić information content (AvgIpc) is 2.63. The van der Waals surface area contributed by atoms with Gasteiger partial charge in [0.05, 0.1) is 5.56 Å². The average molecular weight is 351 g/mol. The van der Waals surface area contributed by atoms with Gasteiger partial charge in [0.1, 0.15) is 0 Å². The molecule has 3 nitrogen and oxygen atoms in total. The molecule has 0 amide bonds. The fourth-order valence-electron chi connectivity index (χ4n) is 2.47. The molecular weight excluding hydrogens is 334 g/mol. The van der Waals surface area contributed by atoms with Gasteiger partial charge in [-0.1, -0.05) is 48.0 Å². The van der Waals surface area contributed by atoms with E-state index in [1.54, 1.807) is 18.2 Å². The Morgan fingerprint density at radius 1 is 0.960 bits per heavy atom. The summed E-state index contributed by atoms with van der Waals surface area (Å²) in [6, 6.07) is 18.7. The second-order valence-corrected chi connectivity index (χ2v) is 6.13. The summed E-state index contributed by atoms with van der Waals surface area (Å²) in [5, 5.41) is 9.78. The van der Waals surface area contributed by atoms with Gasteiger partial charge < -0.3 is 5.11 Å². The lowest BCUT2D eigenvalue weighted by atomic mass is 10.1. The molecule has 0 aliphatic heterocycles. The lowest BCUT2D eigenvalue weighted by Crippen LogP contribution is -2.33. The Morgan fingerprint density at radius 3 is 2.24 bits per heavy atom. The summed E-state index contributed by atoms with van der Waals surface area (Å²) in [6.07, 6.45) is 8.04. The third kappa shape index (κ3) is 4.78. The van der Waals surface area contributed by atoms with Gasteiger partial charge in [0.15, 0.2) is 18.9 Å². The number of nitrogens with zero attached hydrogens (tertiary/aromatic N) is 1. The minimum Gasteiger partial charge on any atom is -0.478 e. The van der Waals surface area contributed by atoms with Crippen molar-refractivity contribution in [1.29, 1.82) is 0 Å². The Labute approximate surface area is 151 Å². The third-order valence-electron chi connectivity index (χ3n) is 3.79. The highest BCUT2D eigenvalue weighted by molar-refractivity contribution is 6.30. The SMILES string of the molecule is O=C(O)c1cccc(C[n+]2ccc(/C=C\c3ccc(Cl)cc3)cc2)c1. The molecular formula is C21H17ClNO2+. The van der Waals surface area contributed by atoms with Crippen molar-refractivity contribution in [3.63, 3.8) is 0 Å². The number of aromatic nitrogens is 1. The molecule has 0 saturated heterocycles. The molecule has 0 aliphatic carbocycles. The zero-order valence-corrected chi connectivity index (χ0v) is 14.2. The lowest BCUT2D eigenvalue weighted by Gasteiger charge is -2.00. The van der Waals surface area contributed by atoms with Crippen LogP contribution in [0.15, 0.2) is 73.1 Å². The van der Waals surface area contributed by atoms with Gasteiger partial charge in [-0.15, -0.1) is 0 Å². The van der Waals surface area contributed by atoms with E-state index in [1.165, 1.54) is 0 Å². The Bertz CT molecular complexity index is 900. The Balaban J connectivity index is 1.69. The van der Waals surface area contributed by atoms with Crippen LogP contribution in [0.5, 0.6) is 0 Å². The number of hydrogen-bond acceptors (Lipinski definition) is 1. The summed E-state index contributed by atoms with van der Waals surface area (Å²) < 4.78 is 2.01. The van der Waals surface area contributed by atoms with Gasteiger partial charge in [-0.05, 0) is 35.4 Å². The predicted molar refractivity (Wildman–Crippen MR) is 99.5 cm³/mol. The number of pyridine rings is 1. The summed E-state index contributed by atoms with van der Waals surface area (Å²) in [5.41, 5.74) is 3.44. The Morgan fingerprint density at radius 2 is 1.60 bits per heavy atom. The van der Waals surface area contributed by atoms with Gasteiger partial charge >= 0.3 is 5.97 Å². The first kappa shape index (κ1) is 16.9. The topological polar surface area (TPSA) is 41.2 Å². The van der Waals surface area contributed by atoms with E-state index in [4.69, 9.17) is 16.7 Å². The van der Waals surface area contributed by atoms with Crippen LogP contribution in [0, 0.1) is 0 Å². The van der Waals surface area contributed by atoms with Crippen molar-refractivity contribution < 1.29 is 14.5 Å². The predicted octanol–water partition coefficient (Wildman–Crippen LogP) is 4.54. The zero-order chi connectivity index (χ0) is 17.6. The molecule has 25 heavy (non-hydrogen) atoms. The third-order valence-corrected chi connectivity index (χ3v) is 4.05. The normalized spacial score (nSPS) is 10.9. The number of aromatic carboxylic acids is 1. The van der Waals surface area contributed by atoms with Crippen LogP contribution < -0.4 is 4.57 Å². The van der Waals surface area contributed by atoms with E-state index in [2.05, 4.69) is 0 Å². The molecule has 1 heterocycles. The molecule has 3 aromatic rings. The van der Waals surface area contributed by atoms with Crippen LogP contribution in [0.3, 0.4) is 0 Å². The minimum absolute atomic E-state index is 0.306. The summed E-state index contributed by atoms with van der Waals surface area (Å²) in [6.45, 7) is 0.627. The summed E-state index contributed by atoms with van der Waals surface area (Å²) in [4.78, 5) is 11.0. The number of halogens is 1. The van der Waals surface area contributed by atoms with Crippen molar-refractivity contribution in [1.82, 2.24) is 0 Å². The van der Waals surface area contributed by atoms with E-state index in [-0.39, 0.29) is 0 Å². The van der Waals surface area contributed by atoms with Crippen LogP contribution in [0.4, 0.5) is 0 Å². The summed E-state index contributed by atoms with van der Waals surface area (Å²) >= 11 is 5.88. The van der Waals surface area contributed by atoms with Crippen molar-refractivity contribution in [3.05, 3.63) is 100 Å². The van der Waals surface area contributed by atoms with Crippen LogP contribution >= 0.6 is 11.6 Å². The van der Waals surface area contributed by atoms with Crippen LogP contribution in [-0.4, -0.2) is 11.1 Å². The molecule has 1 aromatic heterocycles. The van der Waals surface area contributed by atoms with Crippen molar-refractivity contribution in [2.75, 3.05) is 0 Å². The quantitative estimate of drug-likeness (QED) is 0.686. The molecule has 0 unspecified atom stereocenters. The molecule has 0 fully saturated rings. The van der Waals surface area contributed by atoms with Crippen molar-refractivity contribution in [2.24, 2.45) is 0 Å². The maximum atomic E-state index is 11.0. The number of hydrogen-bond donors (Lipinski definition) is 1. The highest BCUT2D eigenvalue weighted by Crippen LogP contribution is 2.12. The van der Waals surface area contributed by atoms with Gasteiger partial charge in [0.25, 0.3) is 0 Å². The minimum atomic E-state index is -0.908. The zero-order valence-electron chi connectivity index (χ0n) is 13.5. The maximum Gasteiger partial charge on any atom is 0.335 e. The monoisotopic (exact) mass is 350 g/mol. The van der Waals surface area contributed by atoms with E-state index in [0.29, 0.717) is 12.1 Å². The molecule has 4 heteroatoms. The molecule has 2 aromatic carbocycles. The van der Waals surface area contributed by atoms with Crippen LogP contribution in [-0.2, 0) is 6.54 Å². The molecule has 0 bridgehead atoms. The number of rotatable bonds is 5. The second-order valence-electron chi connectivity index (χ2n) is 5.69. The van der Waals surface area contributed by atoms with Gasteiger partial charge in [-0.2, -0.15) is 0 Å². The maximum absolute atomic E-state index is 11.0. The molecule has 1 N–H and O–H groups in total. The largest absolute Gasteiger partial charge is 0.478 e. The summed E-state index contributed by atoms with van der Waals surface area (Å²) in [7, 11) is 0. The van der Waals surface area contributed by atoms with Gasteiger partial charge in [-0.25, -0.2) is 9.36 Å². The molecule has 0 radical (unpaired) electrons. The van der Waals surface area contributed by atoms with Crippen LogP contribution in [0.2, 0.25) is 5.02 Å². The van der Waals surface area contributed by atoms with Crippen LogP contribution in [0.1, 0.15) is 27.0 Å². The molecule has 0 saturated carbocycles. The fourth-order valence-corrected chi connectivity index (χ4v) is 2.59.